The van der Waals surface area contributed by atoms with E-state index in [9.17, 15) is 9.59 Å². The van der Waals surface area contributed by atoms with Crippen LogP contribution in [0.25, 0.3) is 0 Å². The van der Waals surface area contributed by atoms with E-state index in [-0.39, 0.29) is 11.8 Å². The van der Waals surface area contributed by atoms with Gasteiger partial charge in [0.05, 0.1) is 26.1 Å². The predicted octanol–water partition coefficient (Wildman–Crippen LogP) is 2.99. The van der Waals surface area contributed by atoms with Gasteiger partial charge in [-0.3, -0.25) is 9.59 Å². The number of amides is 2. The molecule has 1 aliphatic heterocycles. The number of benzene rings is 2. The maximum absolute atomic E-state index is 12.5. The van der Waals surface area contributed by atoms with Crippen LogP contribution < -0.4 is 9.47 Å². The Morgan fingerprint density at radius 1 is 0.655 bits per heavy atom. The standard InChI is InChI=1S/C23H28N2O4/c26-22(12-18-28-20-8-3-1-4-9-20)24-14-7-15-25(17-16-24)23(27)13-19-29-21-10-5-2-6-11-21/h1-6,8-11H,7,12-19H2. The average Bonchev–Trinajstić information content (AvgIpc) is 3.02. The molecular formula is C23H28N2O4. The first-order valence-corrected chi connectivity index (χ1v) is 10.1. The molecule has 0 unspecified atom stereocenters. The van der Waals surface area contributed by atoms with Crippen molar-refractivity contribution in [2.45, 2.75) is 19.3 Å². The van der Waals surface area contributed by atoms with E-state index in [1.54, 1.807) is 0 Å². The predicted molar refractivity (Wildman–Crippen MR) is 111 cm³/mol. The van der Waals surface area contributed by atoms with Crippen molar-refractivity contribution in [2.75, 3.05) is 39.4 Å². The summed E-state index contributed by atoms with van der Waals surface area (Å²) in [5, 5.41) is 0. The molecule has 6 nitrogen and oxygen atoms in total. The Kier molecular flexibility index (Phi) is 7.92. The largest absolute Gasteiger partial charge is 0.493 e. The SMILES string of the molecule is O=C(CCOc1ccccc1)N1CCCN(C(=O)CCOc2ccccc2)CC1. The summed E-state index contributed by atoms with van der Waals surface area (Å²) in [6.07, 6.45) is 1.47. The van der Waals surface area contributed by atoms with Gasteiger partial charge in [0.1, 0.15) is 11.5 Å². The van der Waals surface area contributed by atoms with E-state index < -0.39 is 0 Å². The highest BCUT2D eigenvalue weighted by atomic mass is 16.5. The molecule has 0 atom stereocenters. The van der Waals surface area contributed by atoms with Gasteiger partial charge in [-0.25, -0.2) is 0 Å². The Morgan fingerprint density at radius 3 is 1.48 bits per heavy atom. The summed E-state index contributed by atoms with van der Waals surface area (Å²) >= 11 is 0. The van der Waals surface area contributed by atoms with Crippen LogP contribution >= 0.6 is 0 Å². The molecule has 6 heteroatoms. The third kappa shape index (κ3) is 6.82. The highest BCUT2D eigenvalue weighted by molar-refractivity contribution is 5.78. The summed E-state index contributed by atoms with van der Waals surface area (Å²) in [6, 6.07) is 19.0. The second-order valence-corrected chi connectivity index (χ2v) is 6.94. The fourth-order valence-electron chi connectivity index (χ4n) is 3.28. The number of hydrogen-bond donors (Lipinski definition) is 0. The molecule has 1 saturated heterocycles. The van der Waals surface area contributed by atoms with Gasteiger partial charge >= 0.3 is 0 Å². The topological polar surface area (TPSA) is 59.1 Å². The lowest BCUT2D eigenvalue weighted by Crippen LogP contribution is -2.38. The van der Waals surface area contributed by atoms with Crippen molar-refractivity contribution in [2.24, 2.45) is 0 Å². The fourth-order valence-corrected chi connectivity index (χ4v) is 3.28. The number of rotatable bonds is 8. The molecule has 2 aromatic carbocycles. The first kappa shape index (κ1) is 20.7. The first-order valence-electron chi connectivity index (χ1n) is 10.1. The molecule has 2 aromatic rings. The molecule has 29 heavy (non-hydrogen) atoms. The molecule has 0 aromatic heterocycles. The van der Waals surface area contributed by atoms with Crippen molar-refractivity contribution in [1.29, 1.82) is 0 Å². The summed E-state index contributed by atoms with van der Waals surface area (Å²) in [5.74, 6) is 1.68. The molecule has 0 N–H and O–H groups in total. The van der Waals surface area contributed by atoms with Gasteiger partial charge in [-0.2, -0.15) is 0 Å². The van der Waals surface area contributed by atoms with Gasteiger partial charge in [0.25, 0.3) is 0 Å². The number of carbonyl (C=O) groups excluding carboxylic acids is 2. The minimum Gasteiger partial charge on any atom is -0.493 e. The maximum atomic E-state index is 12.5. The van der Waals surface area contributed by atoms with Crippen LogP contribution in [0.15, 0.2) is 60.7 Å². The van der Waals surface area contributed by atoms with E-state index in [1.807, 2.05) is 70.5 Å². The van der Waals surface area contributed by atoms with Crippen LogP contribution in [0.3, 0.4) is 0 Å². The minimum atomic E-state index is 0.0719. The van der Waals surface area contributed by atoms with E-state index in [0.717, 1.165) is 17.9 Å². The van der Waals surface area contributed by atoms with Gasteiger partial charge in [0, 0.05) is 26.2 Å². The Morgan fingerprint density at radius 2 is 1.07 bits per heavy atom. The second-order valence-electron chi connectivity index (χ2n) is 6.94. The van der Waals surface area contributed by atoms with Crippen LogP contribution in [0.2, 0.25) is 0 Å². The molecule has 0 radical (unpaired) electrons. The molecule has 3 rings (SSSR count). The summed E-state index contributed by atoms with van der Waals surface area (Å²) in [4.78, 5) is 28.6. The molecule has 1 fully saturated rings. The third-order valence-electron chi connectivity index (χ3n) is 4.86. The Labute approximate surface area is 172 Å². The molecule has 0 bridgehead atoms. The van der Waals surface area contributed by atoms with Gasteiger partial charge in [0.2, 0.25) is 11.8 Å². The zero-order valence-electron chi connectivity index (χ0n) is 16.7. The molecule has 0 aliphatic carbocycles. The summed E-state index contributed by atoms with van der Waals surface area (Å²) in [6.45, 7) is 3.20. The van der Waals surface area contributed by atoms with Gasteiger partial charge < -0.3 is 19.3 Å². The maximum Gasteiger partial charge on any atom is 0.226 e. The zero-order chi connectivity index (χ0) is 20.3. The average molecular weight is 396 g/mol. The van der Waals surface area contributed by atoms with E-state index >= 15 is 0 Å². The van der Waals surface area contributed by atoms with Crippen molar-refractivity contribution >= 4 is 11.8 Å². The van der Waals surface area contributed by atoms with Crippen molar-refractivity contribution in [3.63, 3.8) is 0 Å². The van der Waals surface area contributed by atoms with Crippen molar-refractivity contribution in [3.05, 3.63) is 60.7 Å². The first-order chi connectivity index (χ1) is 14.2. The van der Waals surface area contributed by atoms with E-state index in [2.05, 4.69) is 0 Å². The monoisotopic (exact) mass is 396 g/mol. The normalized spacial score (nSPS) is 14.2. The number of carbonyl (C=O) groups is 2. The fraction of sp³-hybridized carbons (Fsp3) is 0.391. The number of nitrogens with zero attached hydrogens (tertiary/aromatic N) is 2. The Bertz CT molecular complexity index is 701. The van der Waals surface area contributed by atoms with Crippen LogP contribution in [0.1, 0.15) is 19.3 Å². The van der Waals surface area contributed by atoms with Crippen LogP contribution in [-0.2, 0) is 9.59 Å². The van der Waals surface area contributed by atoms with Crippen molar-refractivity contribution < 1.29 is 19.1 Å². The Balaban J connectivity index is 1.36. The van der Waals surface area contributed by atoms with Gasteiger partial charge in [-0.05, 0) is 30.7 Å². The summed E-state index contributed by atoms with van der Waals surface area (Å²) < 4.78 is 11.2. The molecule has 1 aliphatic rings. The minimum absolute atomic E-state index is 0.0719. The number of para-hydroxylation sites is 2. The van der Waals surface area contributed by atoms with Gasteiger partial charge in [-0.15, -0.1) is 0 Å². The summed E-state index contributed by atoms with van der Waals surface area (Å²) in [5.41, 5.74) is 0. The molecular weight excluding hydrogens is 368 g/mol. The Hall–Kier alpha value is -3.02. The zero-order valence-corrected chi connectivity index (χ0v) is 16.7. The lowest BCUT2D eigenvalue weighted by atomic mass is 10.3. The van der Waals surface area contributed by atoms with E-state index in [4.69, 9.17) is 9.47 Å². The molecule has 0 saturated carbocycles. The van der Waals surface area contributed by atoms with Gasteiger partial charge in [0.15, 0.2) is 0 Å². The second kappa shape index (κ2) is 11.1. The lowest BCUT2D eigenvalue weighted by Gasteiger charge is -2.22. The van der Waals surface area contributed by atoms with Crippen LogP contribution in [0.5, 0.6) is 11.5 Å². The summed E-state index contributed by atoms with van der Waals surface area (Å²) in [7, 11) is 0. The van der Waals surface area contributed by atoms with Crippen LogP contribution in [-0.4, -0.2) is 61.0 Å². The van der Waals surface area contributed by atoms with E-state index in [0.29, 0.717) is 52.2 Å². The molecule has 2 amide bonds. The highest BCUT2D eigenvalue weighted by Crippen LogP contribution is 2.11. The highest BCUT2D eigenvalue weighted by Gasteiger charge is 2.21. The van der Waals surface area contributed by atoms with Crippen LogP contribution in [0, 0.1) is 0 Å². The van der Waals surface area contributed by atoms with Crippen LogP contribution in [0.4, 0.5) is 0 Å². The van der Waals surface area contributed by atoms with Crippen molar-refractivity contribution in [3.8, 4) is 11.5 Å². The molecule has 0 spiro atoms. The molecule has 154 valence electrons. The lowest BCUT2D eigenvalue weighted by molar-refractivity contribution is -0.134. The number of ether oxygens (including phenoxy) is 2. The smallest absolute Gasteiger partial charge is 0.226 e. The quantitative estimate of drug-likeness (QED) is 0.688. The van der Waals surface area contributed by atoms with Gasteiger partial charge in [-0.1, -0.05) is 36.4 Å². The van der Waals surface area contributed by atoms with E-state index in [1.165, 1.54) is 0 Å². The van der Waals surface area contributed by atoms with Crippen molar-refractivity contribution in [1.82, 2.24) is 9.80 Å². The third-order valence-corrected chi connectivity index (χ3v) is 4.86. The molecule has 1 heterocycles. The number of hydrogen-bond acceptors (Lipinski definition) is 4.